The average Bonchev–Trinajstić information content (AvgIpc) is 3.25. The Morgan fingerprint density at radius 3 is 2.61 bits per heavy atom. The van der Waals surface area contributed by atoms with E-state index in [0.29, 0.717) is 21.2 Å². The number of rotatable bonds is 4. The van der Waals surface area contributed by atoms with E-state index in [2.05, 4.69) is 4.98 Å². The summed E-state index contributed by atoms with van der Waals surface area (Å²) in [6, 6.07) is 10.5. The second kappa shape index (κ2) is 7.47. The minimum atomic E-state index is -1.05. The molecule has 4 rings (SSSR count). The molecule has 0 aliphatic rings. The van der Waals surface area contributed by atoms with Crippen LogP contribution in [0, 0.1) is 11.6 Å². The maximum absolute atomic E-state index is 14.6. The van der Waals surface area contributed by atoms with Gasteiger partial charge in [-0.2, -0.15) is 0 Å². The van der Waals surface area contributed by atoms with Gasteiger partial charge in [0.15, 0.2) is 0 Å². The zero-order valence-electron chi connectivity index (χ0n) is 14.7. The number of aromatic nitrogens is 2. The van der Waals surface area contributed by atoms with Crippen molar-refractivity contribution in [2.24, 2.45) is 7.05 Å². The summed E-state index contributed by atoms with van der Waals surface area (Å²) in [6.45, 7) is 0. The van der Waals surface area contributed by atoms with Crippen molar-refractivity contribution in [3.63, 3.8) is 0 Å². The lowest BCUT2D eigenvalue weighted by atomic mass is 9.95. The molecule has 0 bridgehead atoms. The predicted molar refractivity (Wildman–Crippen MR) is 107 cm³/mol. The molecule has 1 N–H and O–H groups in total. The van der Waals surface area contributed by atoms with Gasteiger partial charge in [0.25, 0.3) is 0 Å². The van der Waals surface area contributed by atoms with Crippen LogP contribution in [-0.2, 0) is 7.05 Å². The Morgan fingerprint density at radius 2 is 1.96 bits per heavy atom. The number of aryl methyl sites for hydroxylation is 1. The van der Waals surface area contributed by atoms with Crippen molar-refractivity contribution in [1.29, 1.82) is 0 Å². The number of thiophene rings is 1. The molecule has 7 heteroatoms. The lowest BCUT2D eigenvalue weighted by Crippen LogP contribution is -2.04. The van der Waals surface area contributed by atoms with Gasteiger partial charge in [-0.1, -0.05) is 17.7 Å². The predicted octanol–water partition coefficient (Wildman–Crippen LogP) is 5.83. The van der Waals surface area contributed by atoms with Crippen LogP contribution < -0.4 is 0 Å². The lowest BCUT2D eigenvalue weighted by Gasteiger charge is -2.16. The molecule has 1 atom stereocenters. The fourth-order valence-corrected chi connectivity index (χ4v) is 4.37. The molecule has 0 aliphatic carbocycles. The molecule has 4 aromatic rings. The second-order valence-electron chi connectivity index (χ2n) is 6.33. The molecule has 0 radical (unpaired) electrons. The first-order chi connectivity index (χ1) is 13.5. The van der Waals surface area contributed by atoms with E-state index in [1.807, 2.05) is 12.3 Å². The fourth-order valence-electron chi connectivity index (χ4n) is 3.30. The highest BCUT2D eigenvalue weighted by Crippen LogP contribution is 2.43. The molecule has 0 spiro atoms. The lowest BCUT2D eigenvalue weighted by molar-refractivity contribution is 0.221. The van der Waals surface area contributed by atoms with Gasteiger partial charge in [0, 0.05) is 58.8 Å². The van der Waals surface area contributed by atoms with E-state index in [9.17, 15) is 13.9 Å². The normalized spacial score (nSPS) is 12.3. The maximum atomic E-state index is 14.6. The van der Waals surface area contributed by atoms with Crippen LogP contribution in [0.1, 0.15) is 17.2 Å². The molecule has 0 aliphatic heterocycles. The Labute approximate surface area is 169 Å². The molecule has 1 unspecified atom stereocenters. The Bertz CT molecular complexity index is 1140. The van der Waals surface area contributed by atoms with Crippen molar-refractivity contribution in [3.05, 3.63) is 88.2 Å². The van der Waals surface area contributed by atoms with E-state index in [0.717, 1.165) is 16.5 Å². The number of halogens is 3. The Hall–Kier alpha value is -2.54. The number of nitrogens with zero attached hydrogens (tertiary/aromatic N) is 2. The molecular formula is C21H15ClF2N2OS. The average molecular weight is 417 g/mol. The number of aliphatic hydroxyl groups excluding tert-OH is 1. The fraction of sp³-hybridized carbons (Fsp3) is 0.0952. The van der Waals surface area contributed by atoms with E-state index in [1.165, 1.54) is 23.5 Å². The van der Waals surface area contributed by atoms with Crippen LogP contribution in [-0.4, -0.2) is 14.7 Å². The van der Waals surface area contributed by atoms with Gasteiger partial charge in [0.1, 0.15) is 17.7 Å². The van der Waals surface area contributed by atoms with E-state index >= 15 is 0 Å². The Morgan fingerprint density at radius 1 is 1.14 bits per heavy atom. The Balaban J connectivity index is 1.99. The first-order valence-electron chi connectivity index (χ1n) is 8.44. The molecular weight excluding hydrogens is 402 g/mol. The van der Waals surface area contributed by atoms with Crippen molar-refractivity contribution in [3.8, 4) is 21.7 Å². The summed E-state index contributed by atoms with van der Waals surface area (Å²) in [6.07, 6.45) is 3.94. The number of hydrogen-bond donors (Lipinski definition) is 1. The molecule has 142 valence electrons. The largest absolute Gasteiger partial charge is 0.383 e. The minimum absolute atomic E-state index is 0.204. The Kier molecular flexibility index (Phi) is 5.02. The van der Waals surface area contributed by atoms with Crippen LogP contribution in [0.3, 0.4) is 0 Å². The first kappa shape index (κ1) is 18.8. The van der Waals surface area contributed by atoms with Crippen molar-refractivity contribution in [1.82, 2.24) is 9.55 Å². The standard InChI is InChI=1S/C21H15ClF2N2OS/c1-26-11-15(17-6-7-18(22)28-17)19(21(27)12-3-2-8-25-10-12)20(26)14-5-4-13(23)9-16(14)24/h2-11,21,27H,1H3. The zero-order chi connectivity index (χ0) is 19.8. The van der Waals surface area contributed by atoms with Crippen molar-refractivity contribution >= 4 is 22.9 Å². The van der Waals surface area contributed by atoms with E-state index in [1.54, 1.807) is 42.2 Å². The third-order valence-corrected chi connectivity index (χ3v) is 5.78. The minimum Gasteiger partial charge on any atom is -0.383 e. The SMILES string of the molecule is Cn1cc(-c2ccc(Cl)s2)c(C(O)c2cccnc2)c1-c1ccc(F)cc1F. The molecule has 0 fully saturated rings. The third-order valence-electron chi connectivity index (χ3n) is 4.52. The monoisotopic (exact) mass is 416 g/mol. The molecule has 0 amide bonds. The van der Waals surface area contributed by atoms with E-state index in [-0.39, 0.29) is 5.56 Å². The van der Waals surface area contributed by atoms with Gasteiger partial charge < -0.3 is 9.67 Å². The third kappa shape index (κ3) is 3.35. The highest BCUT2D eigenvalue weighted by molar-refractivity contribution is 7.19. The second-order valence-corrected chi connectivity index (χ2v) is 8.05. The summed E-state index contributed by atoms with van der Waals surface area (Å²) in [5.74, 6) is -1.35. The van der Waals surface area contributed by atoms with Crippen LogP contribution in [0.5, 0.6) is 0 Å². The number of aliphatic hydroxyl groups is 1. The van der Waals surface area contributed by atoms with Crippen LogP contribution in [0.15, 0.2) is 61.1 Å². The van der Waals surface area contributed by atoms with Crippen molar-refractivity contribution in [2.45, 2.75) is 6.10 Å². The van der Waals surface area contributed by atoms with Crippen LogP contribution in [0.25, 0.3) is 21.7 Å². The smallest absolute Gasteiger partial charge is 0.135 e. The van der Waals surface area contributed by atoms with Crippen LogP contribution in [0.2, 0.25) is 4.34 Å². The van der Waals surface area contributed by atoms with E-state index < -0.39 is 17.7 Å². The van der Waals surface area contributed by atoms with E-state index in [4.69, 9.17) is 11.6 Å². The molecule has 28 heavy (non-hydrogen) atoms. The first-order valence-corrected chi connectivity index (χ1v) is 9.63. The molecule has 3 heterocycles. The van der Waals surface area contributed by atoms with Crippen molar-refractivity contribution < 1.29 is 13.9 Å². The summed E-state index contributed by atoms with van der Waals surface area (Å²) < 4.78 is 30.4. The van der Waals surface area contributed by atoms with Gasteiger partial charge in [0.05, 0.1) is 10.0 Å². The topological polar surface area (TPSA) is 38.0 Å². The highest BCUT2D eigenvalue weighted by atomic mass is 35.5. The summed E-state index contributed by atoms with van der Waals surface area (Å²) in [4.78, 5) is 4.91. The van der Waals surface area contributed by atoms with Gasteiger partial charge >= 0.3 is 0 Å². The highest BCUT2D eigenvalue weighted by Gasteiger charge is 2.26. The molecule has 1 aromatic carbocycles. The van der Waals surface area contributed by atoms with Crippen LogP contribution >= 0.6 is 22.9 Å². The number of benzene rings is 1. The van der Waals surface area contributed by atoms with Gasteiger partial charge in [-0.15, -0.1) is 11.3 Å². The molecule has 3 nitrogen and oxygen atoms in total. The molecule has 0 saturated heterocycles. The molecule has 3 aromatic heterocycles. The maximum Gasteiger partial charge on any atom is 0.135 e. The number of pyridine rings is 1. The summed E-state index contributed by atoms with van der Waals surface area (Å²) in [5.41, 5.74) is 2.49. The van der Waals surface area contributed by atoms with Crippen molar-refractivity contribution in [2.75, 3.05) is 0 Å². The van der Waals surface area contributed by atoms with Gasteiger partial charge in [-0.05, 0) is 30.3 Å². The van der Waals surface area contributed by atoms with Gasteiger partial charge in [-0.3, -0.25) is 4.98 Å². The number of hydrogen-bond acceptors (Lipinski definition) is 3. The van der Waals surface area contributed by atoms with Gasteiger partial charge in [-0.25, -0.2) is 8.78 Å². The molecule has 0 saturated carbocycles. The zero-order valence-corrected chi connectivity index (χ0v) is 16.3. The summed E-state index contributed by atoms with van der Waals surface area (Å²) in [7, 11) is 1.76. The summed E-state index contributed by atoms with van der Waals surface area (Å²) in [5, 5.41) is 11.2. The van der Waals surface area contributed by atoms with Gasteiger partial charge in [0.2, 0.25) is 0 Å². The van der Waals surface area contributed by atoms with Crippen LogP contribution in [0.4, 0.5) is 8.78 Å². The summed E-state index contributed by atoms with van der Waals surface area (Å²) >= 11 is 7.47. The quantitative estimate of drug-likeness (QED) is 0.454.